The van der Waals surface area contributed by atoms with E-state index in [1.54, 1.807) is 6.07 Å². The Balaban J connectivity index is 2.96. The largest absolute Gasteiger partial charge is 0.495 e. The maximum atomic E-state index is 11.8. The summed E-state index contributed by atoms with van der Waals surface area (Å²) < 4.78 is 27.8. The van der Waals surface area contributed by atoms with Gasteiger partial charge in [-0.3, -0.25) is 4.79 Å². The molecule has 0 saturated carbocycles. The van der Waals surface area contributed by atoms with Crippen LogP contribution in [0.1, 0.15) is 26.7 Å². The second-order valence-electron chi connectivity index (χ2n) is 4.57. The van der Waals surface area contributed by atoms with Crippen molar-refractivity contribution in [3.05, 3.63) is 18.2 Å². The van der Waals surface area contributed by atoms with Crippen molar-refractivity contribution >= 4 is 31.3 Å². The molecule has 112 valence electrons. The number of benzene rings is 1. The first-order valence-corrected chi connectivity index (χ1v) is 8.51. The molecule has 1 unspecified atom stereocenters. The Kier molecular flexibility index (Phi) is 5.83. The van der Waals surface area contributed by atoms with Crippen LogP contribution in [0.25, 0.3) is 0 Å². The lowest BCUT2D eigenvalue weighted by molar-refractivity contribution is -0.117. The van der Waals surface area contributed by atoms with Gasteiger partial charge in [-0.2, -0.15) is 0 Å². The Morgan fingerprint density at radius 1 is 1.45 bits per heavy atom. The van der Waals surface area contributed by atoms with Crippen LogP contribution in [0.5, 0.6) is 5.75 Å². The number of hydrogen-bond acceptors (Lipinski definition) is 4. The zero-order valence-corrected chi connectivity index (χ0v) is 13.2. The first kappa shape index (κ1) is 16.8. The number of carbonyl (C=O) groups is 1. The molecular weight excluding hydrogens is 302 g/mol. The van der Waals surface area contributed by atoms with Gasteiger partial charge in [-0.25, -0.2) is 8.42 Å². The lowest BCUT2D eigenvalue weighted by atomic mass is 10.1. The molecule has 0 heterocycles. The van der Waals surface area contributed by atoms with Crippen molar-refractivity contribution in [2.75, 3.05) is 12.4 Å². The molecule has 20 heavy (non-hydrogen) atoms. The Bertz CT molecular complexity index is 586. The van der Waals surface area contributed by atoms with Crippen LogP contribution in [0.3, 0.4) is 0 Å². The van der Waals surface area contributed by atoms with Gasteiger partial charge >= 0.3 is 0 Å². The molecule has 1 N–H and O–H groups in total. The second-order valence-corrected chi connectivity index (χ2v) is 7.10. The molecule has 1 rings (SSSR count). The molecule has 0 bridgehead atoms. The van der Waals surface area contributed by atoms with Gasteiger partial charge in [0.25, 0.3) is 9.05 Å². The summed E-state index contributed by atoms with van der Waals surface area (Å²) >= 11 is 0. The predicted octanol–water partition coefficient (Wildman–Crippen LogP) is 3.00. The van der Waals surface area contributed by atoms with Crippen LogP contribution < -0.4 is 10.1 Å². The third-order valence-electron chi connectivity index (χ3n) is 2.94. The van der Waals surface area contributed by atoms with Crippen molar-refractivity contribution in [2.24, 2.45) is 5.92 Å². The number of anilines is 1. The van der Waals surface area contributed by atoms with Gasteiger partial charge < -0.3 is 10.1 Å². The third kappa shape index (κ3) is 4.68. The highest BCUT2D eigenvalue weighted by Crippen LogP contribution is 2.29. The fraction of sp³-hybridized carbons (Fsp3) is 0.462. The summed E-state index contributed by atoms with van der Waals surface area (Å²) in [6, 6.07) is 4.31. The molecule has 0 saturated heterocycles. The van der Waals surface area contributed by atoms with E-state index in [1.165, 1.54) is 19.2 Å². The predicted molar refractivity (Wildman–Crippen MR) is 78.7 cm³/mol. The van der Waals surface area contributed by atoms with Crippen LogP contribution in [0.15, 0.2) is 23.1 Å². The number of rotatable bonds is 6. The molecular formula is C13H18ClNO4S. The molecule has 7 heteroatoms. The summed E-state index contributed by atoms with van der Waals surface area (Å²) in [6.45, 7) is 3.98. The summed E-state index contributed by atoms with van der Waals surface area (Å²) in [5.41, 5.74) is 0.373. The average molecular weight is 320 g/mol. The number of hydrogen-bond donors (Lipinski definition) is 1. The van der Waals surface area contributed by atoms with E-state index in [4.69, 9.17) is 15.4 Å². The number of halogens is 1. The molecule has 0 aromatic heterocycles. The molecule has 0 radical (unpaired) electrons. The van der Waals surface area contributed by atoms with Crippen molar-refractivity contribution in [2.45, 2.75) is 31.6 Å². The minimum absolute atomic E-state index is 0.139. The topological polar surface area (TPSA) is 72.5 Å². The van der Waals surface area contributed by atoms with Crippen molar-refractivity contribution < 1.29 is 17.9 Å². The van der Waals surface area contributed by atoms with E-state index in [-0.39, 0.29) is 22.5 Å². The zero-order chi connectivity index (χ0) is 15.3. The maximum absolute atomic E-state index is 11.8. The van der Waals surface area contributed by atoms with Gasteiger partial charge in [-0.15, -0.1) is 0 Å². The summed E-state index contributed by atoms with van der Waals surface area (Å²) in [5.74, 6) is 0.242. The van der Waals surface area contributed by atoms with E-state index in [2.05, 4.69) is 5.32 Å². The summed E-state index contributed by atoms with van der Waals surface area (Å²) in [5, 5.41) is 2.65. The normalized spacial score (nSPS) is 12.8. The molecule has 0 fully saturated rings. The third-order valence-corrected chi connectivity index (χ3v) is 4.28. The fourth-order valence-electron chi connectivity index (χ4n) is 1.62. The van der Waals surface area contributed by atoms with E-state index in [0.717, 1.165) is 6.42 Å². The number of methoxy groups -OCH3 is 1. The van der Waals surface area contributed by atoms with Crippen molar-refractivity contribution in [1.82, 2.24) is 0 Å². The molecule has 0 aliphatic carbocycles. The highest BCUT2D eigenvalue weighted by atomic mass is 35.7. The van der Waals surface area contributed by atoms with E-state index >= 15 is 0 Å². The lowest BCUT2D eigenvalue weighted by Crippen LogP contribution is -2.15. The van der Waals surface area contributed by atoms with Crippen LogP contribution in [0.2, 0.25) is 0 Å². The Labute approximate surface area is 123 Å². The smallest absolute Gasteiger partial charge is 0.265 e. The number of ether oxygens (including phenoxy) is 1. The van der Waals surface area contributed by atoms with E-state index in [0.29, 0.717) is 12.1 Å². The second kappa shape index (κ2) is 6.95. The molecule has 0 aliphatic heterocycles. The Hall–Kier alpha value is -1.27. The van der Waals surface area contributed by atoms with Gasteiger partial charge in [0.05, 0.1) is 7.11 Å². The monoisotopic (exact) mass is 319 g/mol. The molecule has 5 nitrogen and oxygen atoms in total. The van der Waals surface area contributed by atoms with E-state index < -0.39 is 9.05 Å². The van der Waals surface area contributed by atoms with Gasteiger partial charge in [0.2, 0.25) is 5.91 Å². The van der Waals surface area contributed by atoms with Crippen molar-refractivity contribution in [3.8, 4) is 5.75 Å². The molecule has 1 aromatic carbocycles. The van der Waals surface area contributed by atoms with Crippen molar-refractivity contribution in [1.29, 1.82) is 0 Å². The highest BCUT2D eigenvalue weighted by molar-refractivity contribution is 8.13. The van der Waals surface area contributed by atoms with Crippen LogP contribution in [-0.2, 0) is 13.8 Å². The Morgan fingerprint density at radius 2 is 2.10 bits per heavy atom. The van der Waals surface area contributed by atoms with Crippen LogP contribution in [0.4, 0.5) is 5.69 Å². The van der Waals surface area contributed by atoms with Gasteiger partial charge in [0, 0.05) is 22.8 Å². The standard InChI is InChI=1S/C13H18ClNO4S/c1-4-9(2)7-13(16)15-10-5-6-11(19-3)12(8-10)20(14,17)18/h5-6,8-9H,4,7H2,1-3H3,(H,15,16). The van der Waals surface area contributed by atoms with Gasteiger partial charge in [0.1, 0.15) is 10.6 Å². The van der Waals surface area contributed by atoms with Crippen molar-refractivity contribution in [3.63, 3.8) is 0 Å². The minimum atomic E-state index is -3.94. The molecule has 0 aliphatic rings. The van der Waals surface area contributed by atoms with Gasteiger partial charge in [-0.1, -0.05) is 20.3 Å². The van der Waals surface area contributed by atoms with Gasteiger partial charge in [0.15, 0.2) is 0 Å². The first-order chi connectivity index (χ1) is 9.27. The SMILES string of the molecule is CCC(C)CC(=O)Nc1ccc(OC)c(S(=O)(=O)Cl)c1. The Morgan fingerprint density at radius 3 is 2.60 bits per heavy atom. The number of amides is 1. The number of carbonyl (C=O) groups excluding carboxylic acids is 1. The van der Waals surface area contributed by atoms with Crippen LogP contribution in [0, 0.1) is 5.92 Å². The molecule has 1 atom stereocenters. The zero-order valence-electron chi connectivity index (χ0n) is 11.6. The molecule has 1 amide bonds. The van der Waals surface area contributed by atoms with E-state index in [1.807, 2.05) is 13.8 Å². The van der Waals surface area contributed by atoms with E-state index in [9.17, 15) is 13.2 Å². The fourth-order valence-corrected chi connectivity index (χ4v) is 2.64. The number of nitrogens with one attached hydrogen (secondary N) is 1. The van der Waals surface area contributed by atoms with Crippen LogP contribution >= 0.6 is 10.7 Å². The summed E-state index contributed by atoms with van der Waals surface area (Å²) in [4.78, 5) is 11.6. The minimum Gasteiger partial charge on any atom is -0.495 e. The summed E-state index contributed by atoms with van der Waals surface area (Å²) in [7, 11) is 2.75. The molecule has 1 aromatic rings. The highest BCUT2D eigenvalue weighted by Gasteiger charge is 2.18. The quantitative estimate of drug-likeness (QED) is 0.818. The van der Waals surface area contributed by atoms with Gasteiger partial charge in [-0.05, 0) is 24.1 Å². The average Bonchev–Trinajstić information content (AvgIpc) is 2.37. The first-order valence-electron chi connectivity index (χ1n) is 6.20. The maximum Gasteiger partial charge on any atom is 0.265 e. The lowest BCUT2D eigenvalue weighted by Gasteiger charge is -2.11. The summed E-state index contributed by atoms with van der Waals surface area (Å²) in [6.07, 6.45) is 1.28. The van der Waals surface area contributed by atoms with Crippen LogP contribution in [-0.4, -0.2) is 21.4 Å². The molecule has 0 spiro atoms.